The molecule has 1 heterocycles. The first-order chi connectivity index (χ1) is 16.8. The van der Waals surface area contributed by atoms with Crippen molar-refractivity contribution < 1.29 is 19.0 Å². The van der Waals surface area contributed by atoms with Crippen molar-refractivity contribution in [1.82, 2.24) is 0 Å². The lowest BCUT2D eigenvalue weighted by Gasteiger charge is -2.18. The predicted molar refractivity (Wildman–Crippen MR) is 148 cm³/mol. The number of cyclic esters (lactones) is 1. The van der Waals surface area contributed by atoms with Crippen molar-refractivity contribution in [2.45, 2.75) is 6.61 Å². The normalized spacial score (nSPS) is 14.1. The number of aliphatic imine (C=N–C) groups is 1. The van der Waals surface area contributed by atoms with Crippen molar-refractivity contribution in [3.8, 4) is 11.5 Å². The Kier molecular flexibility index (Phi) is 7.98. The SMILES string of the molecule is COc1c(Br)cc(/C=C2\N=C(c3ccccc3)OC2=O)c(OCc2cc(N(C)C)ccc2Br)c1Br. The smallest absolute Gasteiger partial charge is 0.363 e. The van der Waals surface area contributed by atoms with Crippen molar-refractivity contribution in [2.75, 3.05) is 26.1 Å². The third-order valence-corrected chi connectivity index (χ3v) is 7.30. The molecule has 0 bridgehead atoms. The molecule has 0 amide bonds. The van der Waals surface area contributed by atoms with Crippen LogP contribution in [0.5, 0.6) is 11.5 Å². The fourth-order valence-corrected chi connectivity index (χ4v) is 5.36. The molecule has 1 aliphatic rings. The first-order valence-electron chi connectivity index (χ1n) is 10.5. The summed E-state index contributed by atoms with van der Waals surface area (Å²) in [7, 11) is 5.55. The van der Waals surface area contributed by atoms with Gasteiger partial charge in [-0.05, 0) is 74.3 Å². The van der Waals surface area contributed by atoms with Gasteiger partial charge in [0.25, 0.3) is 0 Å². The van der Waals surface area contributed by atoms with Crippen molar-refractivity contribution >= 4 is 71.4 Å². The van der Waals surface area contributed by atoms with Crippen molar-refractivity contribution in [2.24, 2.45) is 4.99 Å². The van der Waals surface area contributed by atoms with Crippen LogP contribution in [0, 0.1) is 0 Å². The van der Waals surface area contributed by atoms with Gasteiger partial charge in [0.2, 0.25) is 5.90 Å². The van der Waals surface area contributed by atoms with Crippen LogP contribution < -0.4 is 14.4 Å². The number of rotatable bonds is 7. The molecule has 1 aliphatic heterocycles. The summed E-state index contributed by atoms with van der Waals surface area (Å²) in [5, 5.41) is 0. The average molecular weight is 665 g/mol. The Hall–Kier alpha value is -2.62. The second-order valence-electron chi connectivity index (χ2n) is 7.78. The number of nitrogens with zero attached hydrogens (tertiary/aromatic N) is 2. The second kappa shape index (κ2) is 11.0. The highest BCUT2D eigenvalue weighted by Gasteiger charge is 2.26. The van der Waals surface area contributed by atoms with Crippen LogP contribution in [0.4, 0.5) is 5.69 Å². The van der Waals surface area contributed by atoms with E-state index in [9.17, 15) is 4.79 Å². The van der Waals surface area contributed by atoms with Crippen LogP contribution in [0.15, 0.2) is 78.7 Å². The van der Waals surface area contributed by atoms with E-state index in [1.165, 1.54) is 0 Å². The van der Waals surface area contributed by atoms with E-state index in [4.69, 9.17) is 14.2 Å². The van der Waals surface area contributed by atoms with Gasteiger partial charge in [0.15, 0.2) is 11.4 Å². The predicted octanol–water partition coefficient (Wildman–Crippen LogP) is 6.97. The Morgan fingerprint density at radius 2 is 1.74 bits per heavy atom. The van der Waals surface area contributed by atoms with Gasteiger partial charge < -0.3 is 19.1 Å². The number of methoxy groups -OCH3 is 1. The number of benzene rings is 3. The lowest BCUT2D eigenvalue weighted by molar-refractivity contribution is -0.129. The van der Waals surface area contributed by atoms with Gasteiger partial charge in [-0.25, -0.2) is 9.79 Å². The van der Waals surface area contributed by atoms with Crippen LogP contribution in [0.3, 0.4) is 0 Å². The van der Waals surface area contributed by atoms with Gasteiger partial charge in [-0.2, -0.15) is 0 Å². The number of hydrogen-bond acceptors (Lipinski definition) is 6. The van der Waals surface area contributed by atoms with E-state index < -0.39 is 5.97 Å². The summed E-state index contributed by atoms with van der Waals surface area (Å²) >= 11 is 10.7. The maximum atomic E-state index is 12.6. The van der Waals surface area contributed by atoms with Gasteiger partial charge in [-0.1, -0.05) is 34.1 Å². The zero-order chi connectivity index (χ0) is 25.1. The molecule has 6 nitrogen and oxygen atoms in total. The molecule has 4 rings (SSSR count). The highest BCUT2D eigenvalue weighted by atomic mass is 79.9. The second-order valence-corrected chi connectivity index (χ2v) is 10.3. The minimum atomic E-state index is -0.528. The average Bonchev–Trinajstić information content (AvgIpc) is 3.20. The summed E-state index contributed by atoms with van der Waals surface area (Å²) in [5.41, 5.74) is 3.55. The highest BCUT2D eigenvalue weighted by molar-refractivity contribution is 9.11. The third kappa shape index (κ3) is 5.63. The summed E-state index contributed by atoms with van der Waals surface area (Å²) in [4.78, 5) is 19.0. The summed E-state index contributed by atoms with van der Waals surface area (Å²) in [5.74, 6) is 0.821. The fourth-order valence-electron chi connectivity index (χ4n) is 3.40. The molecule has 0 spiro atoms. The topological polar surface area (TPSA) is 60.4 Å². The zero-order valence-corrected chi connectivity index (χ0v) is 23.9. The van der Waals surface area contributed by atoms with Crippen molar-refractivity contribution in [1.29, 1.82) is 0 Å². The minimum Gasteiger partial charge on any atom is -0.494 e. The molecule has 3 aromatic rings. The molecule has 9 heteroatoms. The Labute approximate surface area is 229 Å². The molecule has 0 aliphatic carbocycles. The van der Waals surface area contributed by atoms with Crippen molar-refractivity contribution in [3.05, 3.63) is 90.4 Å². The molecular weight excluding hydrogens is 644 g/mol. The minimum absolute atomic E-state index is 0.174. The van der Waals surface area contributed by atoms with Crippen LogP contribution in [0.2, 0.25) is 0 Å². The summed E-state index contributed by atoms with van der Waals surface area (Å²) in [6.07, 6.45) is 1.65. The van der Waals surface area contributed by atoms with E-state index in [0.29, 0.717) is 26.0 Å². The maximum absolute atomic E-state index is 12.6. The molecule has 35 heavy (non-hydrogen) atoms. The Bertz CT molecular complexity index is 1340. The number of ether oxygens (including phenoxy) is 3. The van der Waals surface area contributed by atoms with Crippen LogP contribution in [-0.4, -0.2) is 33.1 Å². The number of anilines is 1. The number of halogens is 3. The number of esters is 1. The molecule has 3 aromatic carbocycles. The summed E-state index contributed by atoms with van der Waals surface area (Å²) in [6, 6.07) is 17.2. The summed E-state index contributed by atoms with van der Waals surface area (Å²) < 4.78 is 19.5. The number of carbonyl (C=O) groups excluding carboxylic acids is 1. The molecule has 180 valence electrons. The lowest BCUT2D eigenvalue weighted by atomic mass is 10.1. The zero-order valence-electron chi connectivity index (χ0n) is 19.1. The van der Waals surface area contributed by atoms with Gasteiger partial charge in [-0.3, -0.25) is 0 Å². The molecule has 0 atom stereocenters. The highest BCUT2D eigenvalue weighted by Crippen LogP contribution is 2.44. The van der Waals surface area contributed by atoms with Crippen molar-refractivity contribution in [3.63, 3.8) is 0 Å². The Balaban J connectivity index is 1.73. The van der Waals surface area contributed by atoms with E-state index in [1.807, 2.05) is 67.5 Å². The maximum Gasteiger partial charge on any atom is 0.363 e. The quantitative estimate of drug-likeness (QED) is 0.202. The van der Waals surface area contributed by atoms with Gasteiger partial charge in [0.1, 0.15) is 16.8 Å². The monoisotopic (exact) mass is 662 g/mol. The Morgan fingerprint density at radius 3 is 2.43 bits per heavy atom. The van der Waals surface area contributed by atoms with Crippen LogP contribution in [0.25, 0.3) is 6.08 Å². The first-order valence-corrected chi connectivity index (χ1v) is 12.9. The lowest BCUT2D eigenvalue weighted by Crippen LogP contribution is -2.09. The molecule has 0 saturated carbocycles. The summed E-state index contributed by atoms with van der Waals surface area (Å²) in [6.45, 7) is 0.283. The largest absolute Gasteiger partial charge is 0.494 e. The van der Waals surface area contributed by atoms with Gasteiger partial charge in [0.05, 0.1) is 11.6 Å². The van der Waals surface area contributed by atoms with E-state index >= 15 is 0 Å². The van der Waals surface area contributed by atoms with Crippen LogP contribution in [-0.2, 0) is 16.1 Å². The fraction of sp³-hybridized carbons (Fsp3) is 0.154. The molecule has 0 fully saturated rings. The third-order valence-electron chi connectivity index (χ3n) is 5.22. The number of carbonyl (C=O) groups is 1. The van der Waals surface area contributed by atoms with Gasteiger partial charge in [-0.15, -0.1) is 0 Å². The molecule has 0 N–H and O–H groups in total. The van der Waals surface area contributed by atoms with Gasteiger partial charge in [0, 0.05) is 40.9 Å². The van der Waals surface area contributed by atoms with E-state index in [2.05, 4.69) is 58.8 Å². The van der Waals surface area contributed by atoms with Crippen LogP contribution >= 0.6 is 47.8 Å². The molecular formula is C26H21Br3N2O4. The van der Waals surface area contributed by atoms with E-state index in [1.54, 1.807) is 13.2 Å². The standard InChI is InChI=1S/C26H21Br3N2O4/c1-31(2)18-9-10-19(27)17(11-18)14-34-23-16(12-20(28)24(33-3)22(23)29)13-21-26(32)35-25(30-21)15-7-5-4-6-8-15/h4-13H,14H2,1-3H3/b21-13-. The molecule has 0 radical (unpaired) electrons. The molecule has 0 saturated heterocycles. The molecule has 0 aromatic heterocycles. The van der Waals surface area contributed by atoms with E-state index in [-0.39, 0.29) is 18.2 Å². The Morgan fingerprint density at radius 1 is 1.00 bits per heavy atom. The van der Waals surface area contributed by atoms with Gasteiger partial charge >= 0.3 is 5.97 Å². The number of hydrogen-bond donors (Lipinski definition) is 0. The first kappa shape index (κ1) is 25.5. The van der Waals surface area contributed by atoms with Crippen LogP contribution in [0.1, 0.15) is 16.7 Å². The van der Waals surface area contributed by atoms with E-state index in [0.717, 1.165) is 21.3 Å². The molecule has 0 unspecified atom stereocenters.